The van der Waals surface area contributed by atoms with Crippen LogP contribution in [0.4, 0.5) is 0 Å². The monoisotopic (exact) mass is 360 g/mol. The Balaban J connectivity index is 1.83. The van der Waals surface area contributed by atoms with Gasteiger partial charge >= 0.3 is 0 Å². The van der Waals surface area contributed by atoms with Gasteiger partial charge in [-0.1, -0.05) is 36.4 Å². The number of carbonyl (C=O) groups excluding carboxylic acids is 1. The Morgan fingerprint density at radius 2 is 1.96 bits per heavy atom. The summed E-state index contributed by atoms with van der Waals surface area (Å²) in [6.45, 7) is 3.54. The van der Waals surface area contributed by atoms with Crippen molar-refractivity contribution in [2.75, 3.05) is 7.11 Å². The van der Waals surface area contributed by atoms with Gasteiger partial charge in [0.25, 0.3) is 0 Å². The first-order chi connectivity index (χ1) is 13.1. The van der Waals surface area contributed by atoms with E-state index in [2.05, 4.69) is 36.4 Å². The lowest BCUT2D eigenvalue weighted by Crippen LogP contribution is -2.28. The lowest BCUT2D eigenvalue weighted by Gasteiger charge is -2.31. The van der Waals surface area contributed by atoms with Gasteiger partial charge in [-0.2, -0.15) is 5.10 Å². The fourth-order valence-electron chi connectivity index (χ4n) is 4.25. The average Bonchev–Trinajstić information content (AvgIpc) is 3.08. The molecule has 4 nitrogen and oxygen atoms in total. The van der Waals surface area contributed by atoms with Crippen LogP contribution in [0, 0.1) is 5.92 Å². The predicted molar refractivity (Wildman–Crippen MR) is 107 cm³/mol. The first-order valence-electron chi connectivity index (χ1n) is 9.37. The summed E-state index contributed by atoms with van der Waals surface area (Å²) in [5.74, 6) is 1.18. The summed E-state index contributed by atoms with van der Waals surface area (Å²) in [6.07, 6.45) is 3.74. The van der Waals surface area contributed by atoms with E-state index in [4.69, 9.17) is 9.84 Å². The topological polar surface area (TPSA) is 41.9 Å². The van der Waals surface area contributed by atoms with Crippen LogP contribution in [0.15, 0.2) is 65.4 Å². The van der Waals surface area contributed by atoms with Gasteiger partial charge in [-0.25, -0.2) is 0 Å². The maximum absolute atomic E-state index is 11.7. The summed E-state index contributed by atoms with van der Waals surface area (Å²) in [5.41, 5.74) is 5.68. The van der Waals surface area contributed by atoms with Gasteiger partial charge in [-0.3, -0.25) is 9.80 Å². The maximum Gasteiger partial charge on any atom is 0.154 e. The SMILES string of the molecule is COc1ccc2c(c1)C1=NN(C(C)=CC(C)=O)[C@@H](c3ccccc3)[C@H]1CC2. The first-order valence-corrected chi connectivity index (χ1v) is 9.37. The Morgan fingerprint density at radius 1 is 1.19 bits per heavy atom. The van der Waals surface area contributed by atoms with Gasteiger partial charge in [-0.05, 0) is 49.9 Å². The van der Waals surface area contributed by atoms with Crippen molar-refractivity contribution in [2.45, 2.75) is 32.7 Å². The third-order valence-corrected chi connectivity index (χ3v) is 5.44. The van der Waals surface area contributed by atoms with Crippen LogP contribution in [0.25, 0.3) is 0 Å². The van der Waals surface area contributed by atoms with E-state index in [-0.39, 0.29) is 11.8 Å². The minimum Gasteiger partial charge on any atom is -0.497 e. The number of hydrazone groups is 1. The molecule has 0 radical (unpaired) electrons. The second kappa shape index (κ2) is 7.03. The number of aryl methyl sites for hydroxylation is 1. The number of hydrogen-bond acceptors (Lipinski definition) is 4. The van der Waals surface area contributed by atoms with Crippen LogP contribution in [0.2, 0.25) is 0 Å². The summed E-state index contributed by atoms with van der Waals surface area (Å²) in [6, 6.07) is 16.8. The van der Waals surface area contributed by atoms with E-state index < -0.39 is 0 Å². The van der Waals surface area contributed by atoms with Crippen molar-refractivity contribution in [3.63, 3.8) is 0 Å². The van der Waals surface area contributed by atoms with Crippen molar-refractivity contribution in [1.29, 1.82) is 0 Å². The molecule has 0 spiro atoms. The van der Waals surface area contributed by atoms with Crippen LogP contribution >= 0.6 is 0 Å². The van der Waals surface area contributed by atoms with E-state index >= 15 is 0 Å². The zero-order valence-corrected chi connectivity index (χ0v) is 16.0. The molecule has 0 aromatic heterocycles. The summed E-state index contributed by atoms with van der Waals surface area (Å²) in [5, 5.41) is 7.04. The highest BCUT2D eigenvalue weighted by atomic mass is 16.5. The van der Waals surface area contributed by atoms with Gasteiger partial charge in [0.1, 0.15) is 5.75 Å². The van der Waals surface area contributed by atoms with Crippen LogP contribution in [-0.2, 0) is 11.2 Å². The van der Waals surface area contributed by atoms with Gasteiger partial charge in [-0.15, -0.1) is 0 Å². The standard InChI is InChI=1S/C23H24N2O2/c1-15(13-16(2)26)25-23(18-7-5-4-6-8-18)20-12-10-17-9-11-19(27-3)14-21(17)22(20)24-25/h4-9,11,13-14,20,23H,10,12H2,1-3H3/t20-,23-/m0/s1. The molecule has 0 unspecified atom stereocenters. The minimum absolute atomic E-state index is 0.0384. The molecule has 1 aliphatic heterocycles. The zero-order chi connectivity index (χ0) is 19.0. The molecule has 27 heavy (non-hydrogen) atoms. The molecule has 2 aliphatic rings. The molecule has 1 heterocycles. The van der Waals surface area contributed by atoms with E-state index in [1.54, 1.807) is 20.1 Å². The summed E-state index contributed by atoms with van der Waals surface area (Å²) < 4.78 is 5.44. The Morgan fingerprint density at radius 3 is 2.67 bits per heavy atom. The average molecular weight is 360 g/mol. The number of rotatable bonds is 4. The van der Waals surface area contributed by atoms with Crippen LogP contribution in [0.1, 0.15) is 43.0 Å². The fourth-order valence-corrected chi connectivity index (χ4v) is 4.25. The number of ether oxygens (including phenoxy) is 1. The Labute approximate surface area is 160 Å². The number of hydrogen-bond donors (Lipinski definition) is 0. The Bertz CT molecular complexity index is 931. The van der Waals surface area contributed by atoms with Gasteiger partial charge in [0.2, 0.25) is 0 Å². The second-order valence-electron chi connectivity index (χ2n) is 7.25. The molecule has 4 heteroatoms. The normalized spacial score (nSPS) is 21.4. The number of ketones is 1. The Hall–Kier alpha value is -2.88. The highest BCUT2D eigenvalue weighted by Crippen LogP contribution is 2.45. The van der Waals surface area contributed by atoms with Crippen LogP contribution in [0.3, 0.4) is 0 Å². The summed E-state index contributed by atoms with van der Waals surface area (Å²) >= 11 is 0. The summed E-state index contributed by atoms with van der Waals surface area (Å²) in [4.78, 5) is 11.7. The molecular weight excluding hydrogens is 336 g/mol. The van der Waals surface area contributed by atoms with Gasteiger partial charge in [0, 0.05) is 23.3 Å². The molecule has 0 fully saturated rings. The number of methoxy groups -OCH3 is 1. The van der Waals surface area contributed by atoms with Crippen LogP contribution < -0.4 is 4.74 Å². The fraction of sp³-hybridized carbons (Fsp3) is 0.304. The number of fused-ring (bicyclic) bond motifs is 3. The van der Waals surface area contributed by atoms with E-state index in [9.17, 15) is 4.79 Å². The Kier molecular flexibility index (Phi) is 4.56. The summed E-state index contributed by atoms with van der Waals surface area (Å²) in [7, 11) is 1.69. The number of benzene rings is 2. The van der Waals surface area contributed by atoms with Crippen molar-refractivity contribution in [3.8, 4) is 5.75 Å². The van der Waals surface area contributed by atoms with Crippen molar-refractivity contribution < 1.29 is 9.53 Å². The molecule has 0 N–H and O–H groups in total. The molecule has 0 amide bonds. The molecule has 0 bridgehead atoms. The molecule has 2 aromatic carbocycles. The van der Waals surface area contributed by atoms with E-state index in [1.165, 1.54) is 16.7 Å². The number of carbonyl (C=O) groups is 1. The molecule has 4 rings (SSSR count). The van der Waals surface area contributed by atoms with Crippen LogP contribution in [0.5, 0.6) is 5.75 Å². The van der Waals surface area contributed by atoms with E-state index in [0.717, 1.165) is 30.0 Å². The molecule has 2 atom stereocenters. The van der Waals surface area contributed by atoms with Gasteiger partial charge in [0.15, 0.2) is 5.78 Å². The lowest BCUT2D eigenvalue weighted by atomic mass is 9.77. The molecule has 2 aromatic rings. The lowest BCUT2D eigenvalue weighted by molar-refractivity contribution is -0.112. The second-order valence-corrected chi connectivity index (χ2v) is 7.25. The third kappa shape index (κ3) is 3.16. The zero-order valence-electron chi connectivity index (χ0n) is 16.0. The number of allylic oxidation sites excluding steroid dienone is 2. The van der Waals surface area contributed by atoms with Crippen molar-refractivity contribution in [2.24, 2.45) is 11.0 Å². The molecular formula is C23H24N2O2. The van der Waals surface area contributed by atoms with Crippen molar-refractivity contribution in [3.05, 3.63) is 77.0 Å². The van der Waals surface area contributed by atoms with Crippen molar-refractivity contribution in [1.82, 2.24) is 5.01 Å². The van der Waals surface area contributed by atoms with Crippen molar-refractivity contribution >= 4 is 11.5 Å². The van der Waals surface area contributed by atoms with E-state index in [1.807, 2.05) is 24.1 Å². The van der Waals surface area contributed by atoms with Gasteiger partial charge < -0.3 is 4.74 Å². The quantitative estimate of drug-likeness (QED) is 0.753. The third-order valence-electron chi connectivity index (χ3n) is 5.44. The highest BCUT2D eigenvalue weighted by Gasteiger charge is 2.42. The first kappa shape index (κ1) is 17.5. The molecule has 138 valence electrons. The molecule has 0 saturated carbocycles. The molecule has 0 saturated heterocycles. The van der Waals surface area contributed by atoms with Gasteiger partial charge in [0.05, 0.1) is 18.9 Å². The van der Waals surface area contributed by atoms with E-state index in [0.29, 0.717) is 5.92 Å². The highest BCUT2D eigenvalue weighted by molar-refractivity contribution is 6.06. The maximum atomic E-state index is 11.7. The minimum atomic E-state index is 0.0384. The number of nitrogens with zero attached hydrogens (tertiary/aromatic N) is 2. The largest absolute Gasteiger partial charge is 0.497 e. The smallest absolute Gasteiger partial charge is 0.154 e. The van der Waals surface area contributed by atoms with Crippen LogP contribution in [-0.4, -0.2) is 23.6 Å². The molecule has 1 aliphatic carbocycles. The predicted octanol–water partition coefficient (Wildman–Crippen LogP) is 4.51.